The van der Waals surface area contributed by atoms with Gasteiger partial charge in [0.15, 0.2) is 0 Å². The molecule has 0 radical (unpaired) electrons. The van der Waals surface area contributed by atoms with E-state index in [-0.39, 0.29) is 6.42 Å². The highest BCUT2D eigenvalue weighted by Crippen LogP contribution is 2.25. The largest absolute Gasteiger partial charge is 0.481 e. The van der Waals surface area contributed by atoms with Crippen LogP contribution in [0.2, 0.25) is 0 Å². The van der Waals surface area contributed by atoms with Crippen LogP contribution < -0.4 is 4.90 Å². The molecule has 0 aliphatic carbocycles. The van der Waals surface area contributed by atoms with E-state index in [9.17, 15) is 4.79 Å². The minimum Gasteiger partial charge on any atom is -0.481 e. The van der Waals surface area contributed by atoms with E-state index in [0.717, 1.165) is 29.9 Å². The monoisotopic (exact) mass is 234 g/mol. The first-order valence-electron chi connectivity index (χ1n) is 6.08. The third-order valence-corrected chi connectivity index (χ3v) is 3.33. The lowest BCUT2D eigenvalue weighted by atomic mass is 10.0. The maximum atomic E-state index is 10.8. The van der Waals surface area contributed by atoms with Crippen LogP contribution in [0.4, 0.5) is 5.69 Å². The van der Waals surface area contributed by atoms with Crippen molar-refractivity contribution in [3.8, 4) is 0 Å². The highest BCUT2D eigenvalue weighted by molar-refractivity contribution is 5.72. The molecular formula is C13H18N2O2. The van der Waals surface area contributed by atoms with Crippen molar-refractivity contribution in [2.24, 2.45) is 0 Å². The first-order chi connectivity index (χ1) is 8.18. The first-order valence-corrected chi connectivity index (χ1v) is 6.08. The number of carboxylic acids is 1. The fraction of sp³-hybridized carbons (Fsp3) is 0.538. The number of rotatable bonds is 3. The summed E-state index contributed by atoms with van der Waals surface area (Å²) in [4.78, 5) is 17.3. The SMILES string of the molecule is Cc1c(CC(=O)O)cncc1N1CCCCC1. The summed E-state index contributed by atoms with van der Waals surface area (Å²) in [5.41, 5.74) is 2.98. The van der Waals surface area contributed by atoms with E-state index in [2.05, 4.69) is 9.88 Å². The van der Waals surface area contributed by atoms with Gasteiger partial charge in [-0.05, 0) is 37.3 Å². The van der Waals surface area contributed by atoms with E-state index in [0.29, 0.717) is 0 Å². The number of pyridine rings is 1. The molecule has 4 nitrogen and oxygen atoms in total. The molecule has 1 aliphatic heterocycles. The summed E-state index contributed by atoms with van der Waals surface area (Å²) < 4.78 is 0. The molecule has 0 atom stereocenters. The Morgan fingerprint density at radius 1 is 1.35 bits per heavy atom. The Bertz CT molecular complexity index is 412. The molecule has 1 fully saturated rings. The van der Waals surface area contributed by atoms with E-state index in [1.807, 2.05) is 13.1 Å². The van der Waals surface area contributed by atoms with Crippen LogP contribution in [0.3, 0.4) is 0 Å². The van der Waals surface area contributed by atoms with Gasteiger partial charge >= 0.3 is 5.97 Å². The maximum Gasteiger partial charge on any atom is 0.307 e. The summed E-state index contributed by atoms with van der Waals surface area (Å²) in [5.74, 6) is -0.800. The molecule has 1 aromatic rings. The molecule has 0 spiro atoms. The lowest BCUT2D eigenvalue weighted by Crippen LogP contribution is -2.30. The van der Waals surface area contributed by atoms with Gasteiger partial charge in [0.2, 0.25) is 0 Å². The smallest absolute Gasteiger partial charge is 0.307 e. The Labute approximate surface area is 101 Å². The van der Waals surface area contributed by atoms with Crippen molar-refractivity contribution in [3.63, 3.8) is 0 Å². The molecule has 0 unspecified atom stereocenters. The lowest BCUT2D eigenvalue weighted by molar-refractivity contribution is -0.136. The van der Waals surface area contributed by atoms with Gasteiger partial charge in [0.25, 0.3) is 0 Å². The fourth-order valence-electron chi connectivity index (χ4n) is 2.35. The highest BCUT2D eigenvalue weighted by atomic mass is 16.4. The van der Waals surface area contributed by atoms with Crippen LogP contribution in [0, 0.1) is 6.92 Å². The van der Waals surface area contributed by atoms with Crippen molar-refractivity contribution in [1.82, 2.24) is 4.98 Å². The second-order valence-electron chi connectivity index (χ2n) is 4.56. The zero-order chi connectivity index (χ0) is 12.3. The lowest BCUT2D eigenvalue weighted by Gasteiger charge is -2.30. The minimum atomic E-state index is -0.800. The van der Waals surface area contributed by atoms with Crippen molar-refractivity contribution in [1.29, 1.82) is 0 Å². The number of carboxylic acid groups (broad SMARTS) is 1. The number of hydrogen-bond donors (Lipinski definition) is 1. The van der Waals surface area contributed by atoms with Gasteiger partial charge in [-0.3, -0.25) is 9.78 Å². The van der Waals surface area contributed by atoms with Crippen LogP contribution in [-0.2, 0) is 11.2 Å². The number of anilines is 1. The number of carbonyl (C=O) groups is 1. The first kappa shape index (κ1) is 11.9. The third kappa shape index (κ3) is 2.75. The van der Waals surface area contributed by atoms with Gasteiger partial charge < -0.3 is 10.0 Å². The van der Waals surface area contributed by atoms with E-state index >= 15 is 0 Å². The molecule has 0 saturated carbocycles. The van der Waals surface area contributed by atoms with Gasteiger partial charge in [-0.15, -0.1) is 0 Å². The second-order valence-corrected chi connectivity index (χ2v) is 4.56. The van der Waals surface area contributed by atoms with Crippen LogP contribution in [0.5, 0.6) is 0 Å². The standard InChI is InChI=1S/C13H18N2O2/c1-10-11(7-13(16)17)8-14-9-12(10)15-5-3-2-4-6-15/h8-9H,2-7H2,1H3,(H,16,17). The normalized spacial score (nSPS) is 15.9. The van der Waals surface area contributed by atoms with Gasteiger partial charge in [0.05, 0.1) is 18.3 Å². The molecule has 0 bridgehead atoms. The van der Waals surface area contributed by atoms with Gasteiger partial charge in [0, 0.05) is 19.3 Å². The Morgan fingerprint density at radius 3 is 2.71 bits per heavy atom. The summed E-state index contributed by atoms with van der Waals surface area (Å²) >= 11 is 0. The van der Waals surface area contributed by atoms with E-state index < -0.39 is 5.97 Å². The summed E-state index contributed by atoms with van der Waals surface area (Å²) in [7, 11) is 0. The zero-order valence-electron chi connectivity index (χ0n) is 10.1. The highest BCUT2D eigenvalue weighted by Gasteiger charge is 2.15. The maximum absolute atomic E-state index is 10.8. The van der Waals surface area contributed by atoms with Gasteiger partial charge in [-0.2, -0.15) is 0 Å². The fourth-order valence-corrected chi connectivity index (χ4v) is 2.35. The van der Waals surface area contributed by atoms with E-state index in [1.54, 1.807) is 6.20 Å². The molecular weight excluding hydrogens is 216 g/mol. The summed E-state index contributed by atoms with van der Waals surface area (Å²) in [6.07, 6.45) is 7.28. The molecule has 4 heteroatoms. The zero-order valence-corrected chi connectivity index (χ0v) is 10.1. The van der Waals surface area contributed by atoms with E-state index in [1.165, 1.54) is 19.3 Å². The Morgan fingerprint density at radius 2 is 2.06 bits per heavy atom. The Balaban J connectivity index is 2.24. The Hall–Kier alpha value is -1.58. The number of aliphatic carboxylic acids is 1. The Kier molecular flexibility index (Phi) is 3.61. The number of nitrogens with zero attached hydrogens (tertiary/aromatic N) is 2. The number of aromatic nitrogens is 1. The van der Waals surface area contributed by atoms with Crippen molar-refractivity contribution >= 4 is 11.7 Å². The summed E-state index contributed by atoms with van der Waals surface area (Å²) in [5, 5.41) is 8.85. The molecule has 1 aromatic heterocycles. The predicted octanol–water partition coefficient (Wildman–Crippen LogP) is 2.01. The van der Waals surface area contributed by atoms with Gasteiger partial charge in [-0.25, -0.2) is 0 Å². The second kappa shape index (κ2) is 5.17. The molecule has 1 aliphatic rings. The molecule has 0 amide bonds. The molecule has 17 heavy (non-hydrogen) atoms. The molecule has 2 rings (SSSR count). The number of piperidine rings is 1. The average Bonchev–Trinajstić information content (AvgIpc) is 2.32. The van der Waals surface area contributed by atoms with Crippen LogP contribution in [0.25, 0.3) is 0 Å². The molecule has 1 N–H and O–H groups in total. The molecule has 2 heterocycles. The van der Waals surface area contributed by atoms with Gasteiger partial charge in [0.1, 0.15) is 0 Å². The van der Waals surface area contributed by atoms with Crippen LogP contribution >= 0.6 is 0 Å². The van der Waals surface area contributed by atoms with Crippen LogP contribution in [-0.4, -0.2) is 29.1 Å². The average molecular weight is 234 g/mol. The van der Waals surface area contributed by atoms with Crippen molar-refractivity contribution in [3.05, 3.63) is 23.5 Å². The number of hydrogen-bond acceptors (Lipinski definition) is 3. The van der Waals surface area contributed by atoms with Crippen LogP contribution in [0.1, 0.15) is 30.4 Å². The quantitative estimate of drug-likeness (QED) is 0.869. The van der Waals surface area contributed by atoms with Crippen molar-refractivity contribution in [2.75, 3.05) is 18.0 Å². The molecule has 1 saturated heterocycles. The topological polar surface area (TPSA) is 53.4 Å². The van der Waals surface area contributed by atoms with Gasteiger partial charge in [-0.1, -0.05) is 0 Å². The molecule has 92 valence electrons. The van der Waals surface area contributed by atoms with E-state index in [4.69, 9.17) is 5.11 Å². The van der Waals surface area contributed by atoms with Crippen molar-refractivity contribution < 1.29 is 9.90 Å². The summed E-state index contributed by atoms with van der Waals surface area (Å²) in [6.45, 7) is 4.10. The van der Waals surface area contributed by atoms with Crippen LogP contribution in [0.15, 0.2) is 12.4 Å². The molecule has 0 aromatic carbocycles. The third-order valence-electron chi connectivity index (χ3n) is 3.33. The predicted molar refractivity (Wildman–Crippen MR) is 66.4 cm³/mol. The minimum absolute atomic E-state index is 0.0561. The van der Waals surface area contributed by atoms with Crippen molar-refractivity contribution in [2.45, 2.75) is 32.6 Å². The summed E-state index contributed by atoms with van der Waals surface area (Å²) in [6, 6.07) is 0.